The van der Waals surface area contributed by atoms with Crippen molar-refractivity contribution >= 4 is 23.2 Å². The van der Waals surface area contributed by atoms with Crippen molar-refractivity contribution in [3.05, 3.63) is 58.1 Å². The number of likely N-dealkylation sites (N-methyl/N-ethyl adjacent to an activating group) is 1. The quantitative estimate of drug-likeness (QED) is 0.750. The normalized spacial score (nSPS) is 16.5. The molecule has 0 aliphatic carbocycles. The average Bonchev–Trinajstić information content (AvgIpc) is 2.56. The van der Waals surface area contributed by atoms with E-state index < -0.39 is 0 Å². The maximum absolute atomic E-state index is 6.09. The van der Waals surface area contributed by atoms with Crippen LogP contribution < -0.4 is 0 Å². The fraction of sp³-hybridized carbons (Fsp3) is 0.400. The summed E-state index contributed by atoms with van der Waals surface area (Å²) in [5.41, 5.74) is 3.61. The number of benzene rings is 2. The first-order chi connectivity index (χ1) is 11.6. The second-order valence-electron chi connectivity index (χ2n) is 6.60. The third kappa shape index (κ3) is 4.97. The van der Waals surface area contributed by atoms with Crippen LogP contribution in [0.4, 0.5) is 0 Å². The summed E-state index contributed by atoms with van der Waals surface area (Å²) in [5.74, 6) is 0. The highest BCUT2D eigenvalue weighted by Crippen LogP contribution is 2.27. The van der Waals surface area contributed by atoms with Gasteiger partial charge in [0.25, 0.3) is 0 Å². The molecule has 3 rings (SSSR count). The molecule has 1 aliphatic rings. The molecule has 4 heteroatoms. The van der Waals surface area contributed by atoms with E-state index in [-0.39, 0.29) is 0 Å². The van der Waals surface area contributed by atoms with Gasteiger partial charge < -0.3 is 9.80 Å². The van der Waals surface area contributed by atoms with Gasteiger partial charge in [-0.1, -0.05) is 47.5 Å². The Balaban J connectivity index is 1.53. The molecule has 0 N–H and O–H groups in total. The highest BCUT2D eigenvalue weighted by Gasteiger charge is 2.12. The monoisotopic (exact) mass is 362 g/mol. The molecule has 0 atom stereocenters. The van der Waals surface area contributed by atoms with Crippen molar-refractivity contribution in [3.8, 4) is 11.1 Å². The average molecular weight is 363 g/mol. The van der Waals surface area contributed by atoms with E-state index in [4.69, 9.17) is 23.2 Å². The van der Waals surface area contributed by atoms with Crippen LogP contribution in [0.3, 0.4) is 0 Å². The van der Waals surface area contributed by atoms with Crippen LogP contribution in [0.15, 0.2) is 42.5 Å². The Morgan fingerprint density at radius 3 is 2.08 bits per heavy atom. The Morgan fingerprint density at radius 2 is 1.46 bits per heavy atom. The van der Waals surface area contributed by atoms with Crippen molar-refractivity contribution < 1.29 is 0 Å². The van der Waals surface area contributed by atoms with Gasteiger partial charge in [-0.2, -0.15) is 0 Å². The number of hydrogen-bond acceptors (Lipinski definition) is 2. The van der Waals surface area contributed by atoms with E-state index in [1.54, 1.807) is 6.07 Å². The molecule has 1 aliphatic heterocycles. The summed E-state index contributed by atoms with van der Waals surface area (Å²) in [6.45, 7) is 5.98. The van der Waals surface area contributed by atoms with E-state index in [1.165, 1.54) is 44.7 Å². The van der Waals surface area contributed by atoms with Gasteiger partial charge in [0.2, 0.25) is 0 Å². The van der Waals surface area contributed by atoms with Crippen molar-refractivity contribution in [3.63, 3.8) is 0 Å². The summed E-state index contributed by atoms with van der Waals surface area (Å²) in [5, 5.41) is 1.35. The largest absolute Gasteiger partial charge is 0.304 e. The minimum atomic E-state index is 0.675. The van der Waals surface area contributed by atoms with E-state index in [0.29, 0.717) is 10.0 Å². The molecule has 1 fully saturated rings. The lowest BCUT2D eigenvalue weighted by molar-refractivity contribution is 0.153. The lowest BCUT2D eigenvalue weighted by Crippen LogP contribution is -2.44. The van der Waals surface area contributed by atoms with Gasteiger partial charge in [0.1, 0.15) is 0 Å². The molecule has 0 saturated carbocycles. The van der Waals surface area contributed by atoms with Gasteiger partial charge in [0.05, 0.1) is 0 Å². The standard InChI is InChI=1S/C20H24Cl2N2/c1-23-9-11-24(12-10-23)8-2-3-16-4-6-17(7-5-16)18-13-19(21)15-20(22)14-18/h4-7,13-15H,2-3,8-12H2,1H3. The van der Waals surface area contributed by atoms with Crippen LogP contribution in [0, 0.1) is 0 Å². The van der Waals surface area contributed by atoms with Crippen molar-refractivity contribution in [1.29, 1.82) is 0 Å². The Labute approximate surface area is 155 Å². The third-order valence-electron chi connectivity index (χ3n) is 4.69. The molecule has 24 heavy (non-hydrogen) atoms. The summed E-state index contributed by atoms with van der Waals surface area (Å²) >= 11 is 12.2. The number of rotatable bonds is 5. The summed E-state index contributed by atoms with van der Waals surface area (Å²) in [6, 6.07) is 14.4. The van der Waals surface area contributed by atoms with E-state index in [9.17, 15) is 0 Å². The SMILES string of the molecule is CN1CCN(CCCc2ccc(-c3cc(Cl)cc(Cl)c3)cc2)CC1. The highest BCUT2D eigenvalue weighted by molar-refractivity contribution is 6.35. The molecule has 0 amide bonds. The molecular weight excluding hydrogens is 339 g/mol. The highest BCUT2D eigenvalue weighted by atomic mass is 35.5. The number of aryl methyl sites for hydroxylation is 1. The first kappa shape index (κ1) is 17.8. The Bertz CT molecular complexity index is 642. The van der Waals surface area contributed by atoms with Crippen molar-refractivity contribution in [2.75, 3.05) is 39.8 Å². The van der Waals surface area contributed by atoms with Crippen LogP contribution in [-0.2, 0) is 6.42 Å². The number of halogens is 2. The second kappa shape index (κ2) is 8.35. The van der Waals surface area contributed by atoms with Crippen molar-refractivity contribution in [1.82, 2.24) is 9.80 Å². The summed E-state index contributed by atoms with van der Waals surface area (Å²) < 4.78 is 0. The second-order valence-corrected chi connectivity index (χ2v) is 7.48. The van der Waals surface area contributed by atoms with Gasteiger partial charge in [-0.15, -0.1) is 0 Å². The summed E-state index contributed by atoms with van der Waals surface area (Å²) in [4.78, 5) is 4.97. The van der Waals surface area contributed by atoms with Gasteiger partial charge >= 0.3 is 0 Å². The zero-order valence-electron chi connectivity index (χ0n) is 14.1. The smallest absolute Gasteiger partial charge is 0.0426 e. The molecule has 2 aromatic rings. The minimum absolute atomic E-state index is 0.675. The minimum Gasteiger partial charge on any atom is -0.304 e. The maximum atomic E-state index is 6.09. The van der Waals surface area contributed by atoms with Crippen LogP contribution in [-0.4, -0.2) is 49.6 Å². The van der Waals surface area contributed by atoms with Gasteiger partial charge in [-0.25, -0.2) is 0 Å². The van der Waals surface area contributed by atoms with Crippen molar-refractivity contribution in [2.24, 2.45) is 0 Å². The predicted octanol–water partition coefficient (Wildman–Crippen LogP) is 4.84. The molecule has 2 aromatic carbocycles. The van der Waals surface area contributed by atoms with Crippen LogP contribution >= 0.6 is 23.2 Å². The zero-order chi connectivity index (χ0) is 16.9. The molecule has 1 saturated heterocycles. The Morgan fingerprint density at radius 1 is 0.833 bits per heavy atom. The van der Waals surface area contributed by atoms with E-state index in [2.05, 4.69) is 41.1 Å². The molecule has 2 nitrogen and oxygen atoms in total. The molecule has 0 bridgehead atoms. The van der Waals surface area contributed by atoms with Crippen LogP contribution in [0.2, 0.25) is 10.0 Å². The lowest BCUT2D eigenvalue weighted by Gasteiger charge is -2.32. The summed E-state index contributed by atoms with van der Waals surface area (Å²) in [6.07, 6.45) is 2.34. The van der Waals surface area contributed by atoms with Gasteiger partial charge in [0.15, 0.2) is 0 Å². The van der Waals surface area contributed by atoms with Crippen LogP contribution in [0.25, 0.3) is 11.1 Å². The van der Waals surface area contributed by atoms with Crippen molar-refractivity contribution in [2.45, 2.75) is 12.8 Å². The molecule has 0 radical (unpaired) electrons. The van der Waals surface area contributed by atoms with E-state index in [0.717, 1.165) is 17.5 Å². The van der Waals surface area contributed by atoms with Crippen LogP contribution in [0.1, 0.15) is 12.0 Å². The molecule has 0 aromatic heterocycles. The molecule has 128 valence electrons. The Kier molecular flexibility index (Phi) is 6.18. The van der Waals surface area contributed by atoms with Gasteiger partial charge in [0, 0.05) is 36.2 Å². The zero-order valence-corrected chi connectivity index (χ0v) is 15.7. The lowest BCUT2D eigenvalue weighted by atomic mass is 10.0. The molecule has 0 spiro atoms. The Hall–Kier alpha value is -1.06. The fourth-order valence-electron chi connectivity index (χ4n) is 3.16. The predicted molar refractivity (Wildman–Crippen MR) is 104 cm³/mol. The first-order valence-corrected chi connectivity index (χ1v) is 9.32. The topological polar surface area (TPSA) is 6.48 Å². The first-order valence-electron chi connectivity index (χ1n) is 8.56. The van der Waals surface area contributed by atoms with E-state index in [1.807, 2.05) is 12.1 Å². The number of nitrogens with zero attached hydrogens (tertiary/aromatic N) is 2. The summed E-state index contributed by atoms with van der Waals surface area (Å²) in [7, 11) is 2.20. The number of hydrogen-bond donors (Lipinski definition) is 0. The van der Waals surface area contributed by atoms with Gasteiger partial charge in [-0.3, -0.25) is 0 Å². The van der Waals surface area contributed by atoms with Gasteiger partial charge in [-0.05, 0) is 61.3 Å². The maximum Gasteiger partial charge on any atom is 0.0426 e. The van der Waals surface area contributed by atoms with E-state index >= 15 is 0 Å². The number of piperazine rings is 1. The molecular formula is C20H24Cl2N2. The molecule has 1 heterocycles. The molecule has 0 unspecified atom stereocenters. The fourth-order valence-corrected chi connectivity index (χ4v) is 3.69. The third-order valence-corrected chi connectivity index (χ3v) is 5.12. The van der Waals surface area contributed by atoms with Crippen LogP contribution in [0.5, 0.6) is 0 Å².